The number of aryl methyl sites for hydroxylation is 2. The number of nitrogens with one attached hydrogen (secondary N) is 1. The number of benzene rings is 3. The van der Waals surface area contributed by atoms with Crippen LogP contribution in [0.15, 0.2) is 77.7 Å². The molecule has 1 fully saturated rings. The fourth-order valence-electron chi connectivity index (χ4n) is 4.04. The van der Waals surface area contributed by atoms with Crippen molar-refractivity contribution >= 4 is 21.6 Å². The van der Waals surface area contributed by atoms with Gasteiger partial charge in [-0.05, 0) is 62.1 Å². The SMILES string of the molecule is Cc1ccc(S(=O)(=O)N2CCC(C(=O)Nc3ccc(C)cc3OCc3ccccc3)CC2)cc1. The number of carbonyl (C=O) groups excluding carboxylic acids is 1. The Morgan fingerprint density at radius 2 is 1.59 bits per heavy atom. The highest BCUT2D eigenvalue weighted by Gasteiger charge is 2.32. The van der Waals surface area contributed by atoms with Gasteiger partial charge in [0.2, 0.25) is 15.9 Å². The molecule has 7 heteroatoms. The zero-order chi connectivity index (χ0) is 24.1. The predicted octanol–water partition coefficient (Wildman–Crippen LogP) is 4.92. The summed E-state index contributed by atoms with van der Waals surface area (Å²) in [5.74, 6) is 0.255. The molecule has 0 aliphatic carbocycles. The number of hydrogen-bond donors (Lipinski definition) is 1. The van der Waals surface area contributed by atoms with Crippen molar-refractivity contribution in [2.75, 3.05) is 18.4 Å². The lowest BCUT2D eigenvalue weighted by Gasteiger charge is -2.30. The van der Waals surface area contributed by atoms with E-state index in [0.717, 1.165) is 16.7 Å². The number of anilines is 1. The standard InChI is InChI=1S/C27H30N2O4S/c1-20-8-11-24(12-9-20)34(31,32)29-16-14-23(15-17-29)27(30)28-25-13-10-21(2)18-26(25)33-19-22-6-4-3-5-7-22/h3-13,18,23H,14-17,19H2,1-2H3,(H,28,30). The largest absolute Gasteiger partial charge is 0.487 e. The van der Waals surface area contributed by atoms with Crippen molar-refractivity contribution in [2.45, 2.75) is 38.2 Å². The summed E-state index contributed by atoms with van der Waals surface area (Å²) in [5, 5.41) is 3.00. The van der Waals surface area contributed by atoms with Crippen LogP contribution in [0.1, 0.15) is 29.5 Å². The molecule has 1 saturated heterocycles. The first-order valence-electron chi connectivity index (χ1n) is 11.5. The quantitative estimate of drug-likeness (QED) is 0.523. The molecule has 0 saturated carbocycles. The third-order valence-electron chi connectivity index (χ3n) is 6.12. The van der Waals surface area contributed by atoms with Crippen LogP contribution in [0.3, 0.4) is 0 Å². The van der Waals surface area contributed by atoms with E-state index in [0.29, 0.717) is 48.9 Å². The summed E-state index contributed by atoms with van der Waals surface area (Å²) in [5.41, 5.74) is 3.72. The molecule has 0 radical (unpaired) electrons. The number of rotatable bonds is 7. The summed E-state index contributed by atoms with van der Waals surface area (Å²) in [7, 11) is -3.55. The van der Waals surface area contributed by atoms with Gasteiger partial charge in [0.15, 0.2) is 0 Å². The van der Waals surface area contributed by atoms with Gasteiger partial charge in [0.05, 0.1) is 10.6 Å². The first-order chi connectivity index (χ1) is 16.3. The Morgan fingerprint density at radius 3 is 2.26 bits per heavy atom. The summed E-state index contributed by atoms with van der Waals surface area (Å²) < 4.78 is 33.4. The molecular weight excluding hydrogens is 448 g/mol. The molecule has 1 N–H and O–H groups in total. The second kappa shape index (κ2) is 10.4. The zero-order valence-electron chi connectivity index (χ0n) is 19.5. The van der Waals surface area contributed by atoms with Gasteiger partial charge in [-0.15, -0.1) is 0 Å². The molecule has 1 amide bonds. The average molecular weight is 479 g/mol. The van der Waals surface area contributed by atoms with E-state index in [9.17, 15) is 13.2 Å². The molecule has 3 aromatic rings. The fourth-order valence-corrected chi connectivity index (χ4v) is 5.51. The van der Waals surface area contributed by atoms with Gasteiger partial charge in [0.25, 0.3) is 0 Å². The van der Waals surface area contributed by atoms with Crippen molar-refractivity contribution < 1.29 is 17.9 Å². The summed E-state index contributed by atoms with van der Waals surface area (Å²) in [6, 6.07) is 22.4. The second-order valence-electron chi connectivity index (χ2n) is 8.75. The molecule has 0 unspecified atom stereocenters. The lowest BCUT2D eigenvalue weighted by Crippen LogP contribution is -2.41. The van der Waals surface area contributed by atoms with Crippen molar-refractivity contribution in [1.29, 1.82) is 0 Å². The summed E-state index contributed by atoms with van der Waals surface area (Å²) in [6.45, 7) is 4.94. The van der Waals surface area contributed by atoms with Crippen LogP contribution in [-0.2, 0) is 21.4 Å². The van der Waals surface area contributed by atoms with Gasteiger partial charge < -0.3 is 10.1 Å². The molecule has 0 aromatic heterocycles. The van der Waals surface area contributed by atoms with Crippen LogP contribution >= 0.6 is 0 Å². The Hall–Kier alpha value is -3.16. The summed E-state index contributed by atoms with van der Waals surface area (Å²) >= 11 is 0. The molecule has 1 aliphatic rings. The van der Waals surface area contributed by atoms with Crippen molar-refractivity contribution in [3.05, 3.63) is 89.5 Å². The molecule has 34 heavy (non-hydrogen) atoms. The lowest BCUT2D eigenvalue weighted by atomic mass is 9.97. The normalized spacial score (nSPS) is 15.1. The minimum absolute atomic E-state index is 0.110. The minimum atomic E-state index is -3.55. The van der Waals surface area contributed by atoms with E-state index >= 15 is 0 Å². The average Bonchev–Trinajstić information content (AvgIpc) is 2.85. The van der Waals surface area contributed by atoms with Crippen molar-refractivity contribution in [2.24, 2.45) is 5.92 Å². The van der Waals surface area contributed by atoms with E-state index in [4.69, 9.17) is 4.74 Å². The molecule has 1 aliphatic heterocycles. The molecule has 0 bridgehead atoms. The van der Waals surface area contributed by atoms with Gasteiger partial charge in [-0.25, -0.2) is 8.42 Å². The zero-order valence-corrected chi connectivity index (χ0v) is 20.3. The molecule has 178 valence electrons. The Bertz CT molecular complexity index is 1230. The maximum Gasteiger partial charge on any atom is 0.243 e. The van der Waals surface area contributed by atoms with Gasteiger partial charge in [-0.2, -0.15) is 4.31 Å². The van der Waals surface area contributed by atoms with Crippen LogP contribution in [-0.4, -0.2) is 31.7 Å². The highest BCUT2D eigenvalue weighted by Crippen LogP contribution is 2.29. The van der Waals surface area contributed by atoms with E-state index in [1.807, 2.05) is 62.4 Å². The first kappa shape index (κ1) is 24.0. The molecule has 4 rings (SSSR count). The molecule has 1 heterocycles. The second-order valence-corrected chi connectivity index (χ2v) is 10.7. The van der Waals surface area contributed by atoms with E-state index < -0.39 is 10.0 Å². The Labute approximate surface area is 201 Å². The highest BCUT2D eigenvalue weighted by atomic mass is 32.2. The summed E-state index contributed by atoms with van der Waals surface area (Å²) in [4.78, 5) is 13.3. The smallest absolute Gasteiger partial charge is 0.243 e. The van der Waals surface area contributed by atoms with E-state index in [-0.39, 0.29) is 11.8 Å². The van der Waals surface area contributed by atoms with E-state index in [1.54, 1.807) is 24.3 Å². The predicted molar refractivity (Wildman–Crippen MR) is 133 cm³/mol. The summed E-state index contributed by atoms with van der Waals surface area (Å²) in [6.07, 6.45) is 0.950. The van der Waals surface area contributed by atoms with Gasteiger partial charge >= 0.3 is 0 Å². The van der Waals surface area contributed by atoms with Crippen molar-refractivity contribution in [3.63, 3.8) is 0 Å². The molecule has 0 atom stereocenters. The van der Waals surface area contributed by atoms with Crippen LogP contribution in [0.25, 0.3) is 0 Å². The molecule has 6 nitrogen and oxygen atoms in total. The van der Waals surface area contributed by atoms with E-state index in [1.165, 1.54) is 4.31 Å². The first-order valence-corrected chi connectivity index (χ1v) is 12.9. The number of carbonyl (C=O) groups is 1. The van der Waals surface area contributed by atoms with Crippen LogP contribution in [0.2, 0.25) is 0 Å². The highest BCUT2D eigenvalue weighted by molar-refractivity contribution is 7.89. The third-order valence-corrected chi connectivity index (χ3v) is 8.03. The Balaban J connectivity index is 1.38. The molecule has 0 spiro atoms. The number of sulfonamides is 1. The number of hydrogen-bond acceptors (Lipinski definition) is 4. The van der Waals surface area contributed by atoms with Crippen LogP contribution in [0.5, 0.6) is 5.75 Å². The van der Waals surface area contributed by atoms with Crippen LogP contribution < -0.4 is 10.1 Å². The number of nitrogens with zero attached hydrogens (tertiary/aromatic N) is 1. The number of piperidine rings is 1. The fraction of sp³-hybridized carbons (Fsp3) is 0.296. The van der Waals surface area contributed by atoms with Gasteiger partial charge in [0.1, 0.15) is 12.4 Å². The van der Waals surface area contributed by atoms with Crippen LogP contribution in [0.4, 0.5) is 5.69 Å². The van der Waals surface area contributed by atoms with Gasteiger partial charge in [-0.1, -0.05) is 54.1 Å². The number of amides is 1. The maximum atomic E-state index is 13.0. The number of ether oxygens (including phenoxy) is 1. The van der Waals surface area contributed by atoms with Gasteiger partial charge in [-0.3, -0.25) is 4.79 Å². The molecular formula is C27H30N2O4S. The van der Waals surface area contributed by atoms with Crippen LogP contribution in [0, 0.1) is 19.8 Å². The topological polar surface area (TPSA) is 75.7 Å². The Kier molecular flexibility index (Phi) is 7.34. The van der Waals surface area contributed by atoms with Gasteiger partial charge in [0, 0.05) is 19.0 Å². The van der Waals surface area contributed by atoms with Crippen molar-refractivity contribution in [3.8, 4) is 5.75 Å². The van der Waals surface area contributed by atoms with Crippen molar-refractivity contribution in [1.82, 2.24) is 4.31 Å². The van der Waals surface area contributed by atoms with E-state index in [2.05, 4.69) is 5.32 Å². The molecule has 3 aromatic carbocycles. The minimum Gasteiger partial charge on any atom is -0.487 e. The monoisotopic (exact) mass is 478 g/mol. The Morgan fingerprint density at radius 1 is 0.941 bits per heavy atom. The maximum absolute atomic E-state index is 13.0. The lowest BCUT2D eigenvalue weighted by molar-refractivity contribution is -0.120. The third kappa shape index (κ3) is 5.66.